The molecule has 1 amide bonds. The molecule has 2 aromatic carbocycles. The van der Waals surface area contributed by atoms with E-state index in [9.17, 15) is 4.79 Å². The van der Waals surface area contributed by atoms with Gasteiger partial charge in [-0.2, -0.15) is 5.10 Å². The molecule has 25 heavy (non-hydrogen) atoms. The first-order chi connectivity index (χ1) is 12.1. The van der Waals surface area contributed by atoms with Gasteiger partial charge in [-0.15, -0.1) is 0 Å². The lowest BCUT2D eigenvalue weighted by Crippen LogP contribution is -2.28. The number of carbonyl (C=O) groups excluding carboxylic acids is 1. The quantitative estimate of drug-likeness (QED) is 0.704. The summed E-state index contributed by atoms with van der Waals surface area (Å²) in [6.45, 7) is 4.24. The Morgan fingerprint density at radius 1 is 0.920 bits per heavy atom. The molecule has 0 saturated carbocycles. The highest BCUT2D eigenvalue weighted by atomic mass is 16.2. The number of aryl methyl sites for hydroxylation is 1. The molecule has 1 aromatic heterocycles. The molecule has 0 aliphatic carbocycles. The number of hydrogen-bond donors (Lipinski definition) is 0. The van der Waals surface area contributed by atoms with Gasteiger partial charge in [0.25, 0.3) is 5.91 Å². The van der Waals surface area contributed by atoms with Crippen LogP contribution in [0, 0.1) is 0 Å². The molecular formula is C20H20N4O. The summed E-state index contributed by atoms with van der Waals surface area (Å²) in [6, 6.07) is 18.0. The maximum absolute atomic E-state index is 13.4. The van der Waals surface area contributed by atoms with E-state index in [2.05, 4.69) is 29.9 Å². The first-order valence-corrected chi connectivity index (χ1v) is 8.39. The van der Waals surface area contributed by atoms with Crippen molar-refractivity contribution in [2.24, 2.45) is 7.05 Å². The largest absolute Gasteiger partial charge is 0.322 e. The van der Waals surface area contributed by atoms with Crippen LogP contribution in [0.5, 0.6) is 0 Å². The van der Waals surface area contributed by atoms with Crippen LogP contribution in [0.2, 0.25) is 0 Å². The highest BCUT2D eigenvalue weighted by Crippen LogP contribution is 2.44. The smallest absolute Gasteiger partial charge is 0.268 e. The normalized spacial score (nSPS) is 13.7. The Hall–Kier alpha value is -3.08. The Labute approximate surface area is 147 Å². The molecule has 3 aromatic rings. The summed E-state index contributed by atoms with van der Waals surface area (Å²) in [6.07, 6.45) is 1.66. The fourth-order valence-corrected chi connectivity index (χ4v) is 3.42. The molecule has 1 aliphatic heterocycles. The SMILES string of the molecule is CC(C)N1c2ccccc2N(c2ccccc2)C(=O)c2cnn(C)c21. The lowest BCUT2D eigenvalue weighted by molar-refractivity contribution is 0.100. The van der Waals surface area contributed by atoms with Gasteiger partial charge in [-0.3, -0.25) is 14.4 Å². The first-order valence-electron chi connectivity index (χ1n) is 8.39. The van der Waals surface area contributed by atoms with Crippen molar-refractivity contribution in [2.75, 3.05) is 9.80 Å². The lowest BCUT2D eigenvalue weighted by atomic mass is 10.2. The minimum Gasteiger partial charge on any atom is -0.322 e. The number of hydrogen-bond acceptors (Lipinski definition) is 3. The topological polar surface area (TPSA) is 41.4 Å². The Bertz CT molecular complexity index is 930. The zero-order valence-electron chi connectivity index (χ0n) is 14.5. The van der Waals surface area contributed by atoms with Crippen LogP contribution in [0.15, 0.2) is 60.8 Å². The standard InChI is InChI=1S/C20H20N4O/c1-14(2)23-17-11-7-8-12-18(17)24(15-9-5-4-6-10-15)20(25)16-13-21-22(3)19(16)23/h4-14H,1-3H3. The molecule has 0 bridgehead atoms. The Balaban J connectivity index is 2.05. The zero-order valence-corrected chi connectivity index (χ0v) is 14.5. The number of aromatic nitrogens is 2. The van der Waals surface area contributed by atoms with Gasteiger partial charge in [-0.05, 0) is 38.1 Å². The molecule has 2 heterocycles. The van der Waals surface area contributed by atoms with E-state index >= 15 is 0 Å². The van der Waals surface area contributed by atoms with Gasteiger partial charge in [0, 0.05) is 18.8 Å². The van der Waals surface area contributed by atoms with Crippen LogP contribution in [0.3, 0.4) is 0 Å². The number of anilines is 4. The van der Waals surface area contributed by atoms with Crippen molar-refractivity contribution in [3.05, 3.63) is 66.4 Å². The van der Waals surface area contributed by atoms with Gasteiger partial charge in [-0.25, -0.2) is 0 Å². The summed E-state index contributed by atoms with van der Waals surface area (Å²) in [7, 11) is 1.88. The van der Waals surface area contributed by atoms with Crippen LogP contribution >= 0.6 is 0 Å². The van der Waals surface area contributed by atoms with Gasteiger partial charge >= 0.3 is 0 Å². The van der Waals surface area contributed by atoms with Gasteiger partial charge in [0.2, 0.25) is 0 Å². The summed E-state index contributed by atoms with van der Waals surface area (Å²) < 4.78 is 1.78. The fraction of sp³-hybridized carbons (Fsp3) is 0.200. The molecular weight excluding hydrogens is 312 g/mol. The number of amides is 1. The van der Waals surface area contributed by atoms with Gasteiger partial charge in [0.1, 0.15) is 11.4 Å². The summed E-state index contributed by atoms with van der Waals surface area (Å²) >= 11 is 0. The van der Waals surface area contributed by atoms with Crippen molar-refractivity contribution in [3.63, 3.8) is 0 Å². The average Bonchev–Trinajstić information content (AvgIpc) is 2.93. The van der Waals surface area contributed by atoms with Crippen molar-refractivity contribution in [1.82, 2.24) is 9.78 Å². The van der Waals surface area contributed by atoms with E-state index in [4.69, 9.17) is 0 Å². The van der Waals surface area contributed by atoms with Crippen LogP contribution in [-0.4, -0.2) is 21.7 Å². The van der Waals surface area contributed by atoms with Crippen molar-refractivity contribution >= 4 is 28.8 Å². The van der Waals surface area contributed by atoms with Crippen LogP contribution in [0.25, 0.3) is 0 Å². The molecule has 0 spiro atoms. The summed E-state index contributed by atoms with van der Waals surface area (Å²) in [4.78, 5) is 17.4. The maximum Gasteiger partial charge on any atom is 0.268 e. The van der Waals surface area contributed by atoms with E-state index in [1.54, 1.807) is 15.8 Å². The van der Waals surface area contributed by atoms with Gasteiger partial charge in [0.15, 0.2) is 0 Å². The van der Waals surface area contributed by atoms with E-state index in [1.807, 2.05) is 55.6 Å². The van der Waals surface area contributed by atoms with Gasteiger partial charge in [-0.1, -0.05) is 30.3 Å². The second-order valence-corrected chi connectivity index (χ2v) is 6.43. The highest BCUT2D eigenvalue weighted by Gasteiger charge is 2.35. The predicted octanol–water partition coefficient (Wildman–Crippen LogP) is 4.26. The van der Waals surface area contributed by atoms with Gasteiger partial charge in [0.05, 0.1) is 17.6 Å². The summed E-state index contributed by atoms with van der Waals surface area (Å²) in [5.41, 5.74) is 3.33. The molecule has 126 valence electrons. The number of nitrogens with zero attached hydrogens (tertiary/aromatic N) is 4. The molecule has 0 unspecified atom stereocenters. The monoisotopic (exact) mass is 332 g/mol. The molecule has 5 nitrogen and oxygen atoms in total. The Morgan fingerprint density at radius 3 is 2.24 bits per heavy atom. The lowest BCUT2D eigenvalue weighted by Gasteiger charge is -2.30. The Morgan fingerprint density at radius 2 is 1.56 bits per heavy atom. The van der Waals surface area contributed by atoms with E-state index in [-0.39, 0.29) is 11.9 Å². The fourth-order valence-electron chi connectivity index (χ4n) is 3.42. The van der Waals surface area contributed by atoms with E-state index in [1.165, 1.54) is 0 Å². The third kappa shape index (κ3) is 2.31. The number of fused-ring (bicyclic) bond motifs is 2. The minimum atomic E-state index is -0.0649. The van der Waals surface area contributed by atoms with Crippen LogP contribution < -0.4 is 9.80 Å². The first kappa shape index (κ1) is 15.4. The van der Waals surface area contributed by atoms with Crippen molar-refractivity contribution in [2.45, 2.75) is 19.9 Å². The summed E-state index contributed by atoms with van der Waals surface area (Å²) in [5, 5.41) is 4.35. The highest BCUT2D eigenvalue weighted by molar-refractivity contribution is 6.17. The molecule has 0 fully saturated rings. The van der Waals surface area contributed by atoms with Gasteiger partial charge < -0.3 is 4.90 Å². The minimum absolute atomic E-state index is 0.0649. The van der Waals surface area contributed by atoms with Crippen LogP contribution in [-0.2, 0) is 7.05 Å². The Kier molecular flexibility index (Phi) is 3.57. The molecule has 0 atom stereocenters. The molecule has 5 heteroatoms. The van der Waals surface area contributed by atoms with Crippen LogP contribution in [0.4, 0.5) is 22.9 Å². The van der Waals surface area contributed by atoms with E-state index < -0.39 is 0 Å². The number of para-hydroxylation sites is 3. The second kappa shape index (κ2) is 5.77. The predicted molar refractivity (Wildman–Crippen MR) is 99.8 cm³/mol. The molecule has 0 N–H and O–H groups in total. The zero-order chi connectivity index (χ0) is 17.6. The van der Waals surface area contributed by atoms with Crippen molar-refractivity contribution < 1.29 is 4.79 Å². The number of carbonyl (C=O) groups is 1. The number of benzene rings is 2. The van der Waals surface area contributed by atoms with E-state index in [0.29, 0.717) is 5.56 Å². The van der Waals surface area contributed by atoms with E-state index in [0.717, 1.165) is 22.9 Å². The van der Waals surface area contributed by atoms with Crippen LogP contribution in [0.1, 0.15) is 24.2 Å². The molecule has 4 rings (SSSR count). The second-order valence-electron chi connectivity index (χ2n) is 6.43. The third-order valence-electron chi connectivity index (χ3n) is 4.48. The van der Waals surface area contributed by atoms with Crippen molar-refractivity contribution in [3.8, 4) is 0 Å². The summed E-state index contributed by atoms with van der Waals surface area (Å²) in [5.74, 6) is 0.760. The molecule has 0 radical (unpaired) electrons. The third-order valence-corrected chi connectivity index (χ3v) is 4.48. The van der Waals surface area contributed by atoms with Crippen molar-refractivity contribution in [1.29, 1.82) is 0 Å². The number of rotatable bonds is 2. The molecule has 1 aliphatic rings. The average molecular weight is 332 g/mol. The molecule has 0 saturated heterocycles. The maximum atomic E-state index is 13.4.